The Morgan fingerprint density at radius 3 is 2.68 bits per heavy atom. The molecule has 120 valence electrons. The van der Waals surface area contributed by atoms with Gasteiger partial charge >= 0.3 is 0 Å². The Bertz CT molecular complexity index is 617. The number of hydrogen-bond donors (Lipinski definition) is 1. The third kappa shape index (κ3) is 3.22. The third-order valence-corrected chi connectivity index (χ3v) is 5.73. The summed E-state index contributed by atoms with van der Waals surface area (Å²) in [6, 6.07) is 5.97. The van der Waals surface area contributed by atoms with Crippen LogP contribution in [0.2, 0.25) is 10.0 Å². The third-order valence-electron chi connectivity index (χ3n) is 4.85. The summed E-state index contributed by atoms with van der Waals surface area (Å²) < 4.78 is 0. The van der Waals surface area contributed by atoms with Crippen LogP contribution >= 0.6 is 35.4 Å². The van der Waals surface area contributed by atoms with Gasteiger partial charge in [0.25, 0.3) is 0 Å². The molecule has 0 spiro atoms. The van der Waals surface area contributed by atoms with E-state index in [0.29, 0.717) is 26.9 Å². The van der Waals surface area contributed by atoms with Gasteiger partial charge in [-0.1, -0.05) is 44.0 Å². The van der Waals surface area contributed by atoms with Crippen molar-refractivity contribution in [1.29, 1.82) is 0 Å². The van der Waals surface area contributed by atoms with Crippen molar-refractivity contribution in [3.63, 3.8) is 0 Å². The van der Waals surface area contributed by atoms with E-state index in [9.17, 15) is 0 Å². The predicted octanol–water partition coefficient (Wildman–Crippen LogP) is 5.59. The zero-order valence-electron chi connectivity index (χ0n) is 13.2. The van der Waals surface area contributed by atoms with Gasteiger partial charge in [-0.15, -0.1) is 0 Å². The molecule has 1 aromatic rings. The number of hydrogen-bond acceptors (Lipinski definition) is 1. The average Bonchev–Trinajstić information content (AvgIpc) is 2.62. The molecule has 2 aliphatic rings. The second-order valence-electron chi connectivity index (χ2n) is 7.90. The zero-order chi connectivity index (χ0) is 16.1. The number of likely N-dealkylation sites (tertiary alicyclic amines) is 1. The molecule has 3 rings (SSSR count). The van der Waals surface area contributed by atoms with Gasteiger partial charge in [-0.3, -0.25) is 0 Å². The van der Waals surface area contributed by atoms with E-state index in [4.69, 9.17) is 35.4 Å². The van der Waals surface area contributed by atoms with Gasteiger partial charge in [0.05, 0.1) is 10.7 Å². The minimum absolute atomic E-state index is 0.363. The highest BCUT2D eigenvalue weighted by molar-refractivity contribution is 7.80. The van der Waals surface area contributed by atoms with Crippen LogP contribution in [0, 0.1) is 10.8 Å². The quantitative estimate of drug-likeness (QED) is 0.660. The molecule has 0 aromatic heterocycles. The van der Waals surface area contributed by atoms with Gasteiger partial charge in [-0.05, 0) is 60.5 Å². The van der Waals surface area contributed by atoms with Crippen LogP contribution in [0.15, 0.2) is 18.2 Å². The number of rotatable bonds is 1. The number of nitrogens with zero attached hydrogens (tertiary/aromatic N) is 1. The Hall–Kier alpha value is -0.510. The van der Waals surface area contributed by atoms with Gasteiger partial charge < -0.3 is 10.2 Å². The van der Waals surface area contributed by atoms with Crippen molar-refractivity contribution in [3.05, 3.63) is 28.2 Å². The minimum atomic E-state index is 0.363. The Balaban J connectivity index is 1.76. The van der Waals surface area contributed by atoms with E-state index in [1.54, 1.807) is 6.07 Å². The molecule has 2 fully saturated rings. The highest BCUT2D eigenvalue weighted by Crippen LogP contribution is 2.52. The number of nitrogens with one attached hydrogen (secondary N) is 1. The second-order valence-corrected chi connectivity index (χ2v) is 9.13. The highest BCUT2D eigenvalue weighted by atomic mass is 35.5. The molecule has 0 radical (unpaired) electrons. The molecule has 2 unspecified atom stereocenters. The highest BCUT2D eigenvalue weighted by Gasteiger charge is 2.50. The van der Waals surface area contributed by atoms with Crippen LogP contribution in [0.5, 0.6) is 0 Å². The second kappa shape index (κ2) is 5.54. The number of thiocarbonyl (C=S) groups is 1. The number of anilines is 1. The first-order chi connectivity index (χ1) is 10.2. The molecule has 1 saturated heterocycles. The maximum atomic E-state index is 6.24. The Morgan fingerprint density at radius 1 is 1.27 bits per heavy atom. The standard InChI is InChI=1S/C17H22Cl2N2S/c1-16(2)7-12-8-17(3,9-16)10-21(12)15(22)20-14-5-4-11(18)6-13(14)19/h4-6,12H,7-10H2,1-3H3,(H,20,22). The molecular formula is C17H22Cl2N2S. The van der Waals surface area contributed by atoms with Crippen LogP contribution in [0.25, 0.3) is 0 Å². The first-order valence-corrected chi connectivity index (χ1v) is 8.87. The van der Waals surface area contributed by atoms with Crippen LogP contribution in [-0.2, 0) is 0 Å². The van der Waals surface area contributed by atoms with E-state index in [1.807, 2.05) is 12.1 Å². The lowest BCUT2D eigenvalue weighted by molar-refractivity contribution is 0.132. The van der Waals surface area contributed by atoms with Crippen molar-refractivity contribution >= 4 is 46.2 Å². The van der Waals surface area contributed by atoms with Crippen LogP contribution in [0.4, 0.5) is 5.69 Å². The molecule has 1 aliphatic carbocycles. The molecular weight excluding hydrogens is 335 g/mol. The Kier molecular flexibility index (Phi) is 4.12. The molecule has 1 aliphatic heterocycles. The van der Waals surface area contributed by atoms with E-state index in [1.165, 1.54) is 19.3 Å². The summed E-state index contributed by atoms with van der Waals surface area (Å²) in [5.41, 5.74) is 1.57. The maximum absolute atomic E-state index is 6.24. The number of benzene rings is 1. The Labute approximate surface area is 148 Å². The van der Waals surface area contributed by atoms with Gasteiger partial charge in [-0.2, -0.15) is 0 Å². The first-order valence-electron chi connectivity index (χ1n) is 7.70. The lowest BCUT2D eigenvalue weighted by Gasteiger charge is -2.39. The smallest absolute Gasteiger partial charge is 0.173 e. The summed E-state index contributed by atoms with van der Waals surface area (Å²) in [5, 5.41) is 5.31. The minimum Gasteiger partial charge on any atom is -0.345 e. The van der Waals surface area contributed by atoms with Crippen molar-refractivity contribution in [2.75, 3.05) is 11.9 Å². The number of fused-ring (bicyclic) bond motifs is 2. The number of halogens is 2. The van der Waals surface area contributed by atoms with Crippen molar-refractivity contribution < 1.29 is 0 Å². The summed E-state index contributed by atoms with van der Waals surface area (Å²) in [6.07, 6.45) is 3.68. The first kappa shape index (κ1) is 16.4. The van der Waals surface area contributed by atoms with Gasteiger partial charge in [0.2, 0.25) is 0 Å². The zero-order valence-corrected chi connectivity index (χ0v) is 15.6. The largest absolute Gasteiger partial charge is 0.345 e. The van der Waals surface area contributed by atoms with Crippen LogP contribution in [0.3, 0.4) is 0 Å². The summed E-state index contributed by atoms with van der Waals surface area (Å²) in [6.45, 7) is 8.15. The van der Waals surface area contributed by atoms with Crippen LogP contribution < -0.4 is 5.32 Å². The van der Waals surface area contributed by atoms with E-state index in [-0.39, 0.29) is 0 Å². The fraction of sp³-hybridized carbons (Fsp3) is 0.588. The molecule has 1 aromatic carbocycles. The fourth-order valence-corrected chi connectivity index (χ4v) is 5.25. The van der Waals surface area contributed by atoms with E-state index >= 15 is 0 Å². The lowest BCUT2D eigenvalue weighted by atomic mass is 9.65. The molecule has 2 nitrogen and oxygen atoms in total. The van der Waals surface area contributed by atoms with Gasteiger partial charge in [-0.25, -0.2) is 0 Å². The molecule has 1 saturated carbocycles. The van der Waals surface area contributed by atoms with Gasteiger partial charge in [0.15, 0.2) is 5.11 Å². The van der Waals surface area contributed by atoms with E-state index < -0.39 is 0 Å². The van der Waals surface area contributed by atoms with Gasteiger partial charge in [0, 0.05) is 17.6 Å². The molecule has 1 heterocycles. The lowest BCUT2D eigenvalue weighted by Crippen LogP contribution is -2.40. The SMILES string of the molecule is CC1(C)CC2CC(C)(CN2C(=S)Nc2ccc(Cl)cc2Cl)C1. The molecule has 1 N–H and O–H groups in total. The molecule has 5 heteroatoms. The van der Waals surface area contributed by atoms with E-state index in [2.05, 4.69) is 31.0 Å². The Morgan fingerprint density at radius 2 is 2.00 bits per heavy atom. The summed E-state index contributed by atoms with van der Waals surface area (Å²) in [5.74, 6) is 0. The summed E-state index contributed by atoms with van der Waals surface area (Å²) >= 11 is 17.8. The maximum Gasteiger partial charge on any atom is 0.173 e. The molecule has 2 bridgehead atoms. The van der Waals surface area contributed by atoms with Crippen LogP contribution in [0.1, 0.15) is 40.0 Å². The average molecular weight is 357 g/mol. The normalized spacial score (nSPS) is 29.5. The molecule has 22 heavy (non-hydrogen) atoms. The summed E-state index contributed by atoms with van der Waals surface area (Å²) in [7, 11) is 0. The van der Waals surface area contributed by atoms with Gasteiger partial charge in [0.1, 0.15) is 0 Å². The van der Waals surface area contributed by atoms with Crippen molar-refractivity contribution in [2.24, 2.45) is 10.8 Å². The van der Waals surface area contributed by atoms with Crippen molar-refractivity contribution in [2.45, 2.75) is 46.1 Å². The summed E-state index contributed by atoms with van der Waals surface area (Å²) in [4.78, 5) is 2.36. The monoisotopic (exact) mass is 356 g/mol. The van der Waals surface area contributed by atoms with Crippen molar-refractivity contribution in [1.82, 2.24) is 4.90 Å². The fourth-order valence-electron chi connectivity index (χ4n) is 4.48. The van der Waals surface area contributed by atoms with Crippen LogP contribution in [-0.4, -0.2) is 22.6 Å². The van der Waals surface area contributed by atoms with Crippen molar-refractivity contribution in [3.8, 4) is 0 Å². The van der Waals surface area contributed by atoms with E-state index in [0.717, 1.165) is 17.3 Å². The predicted molar refractivity (Wildman–Crippen MR) is 98.9 cm³/mol. The molecule has 2 atom stereocenters. The topological polar surface area (TPSA) is 15.3 Å². The molecule has 0 amide bonds.